The third-order valence-corrected chi connectivity index (χ3v) is 1.79. The first-order valence-corrected chi connectivity index (χ1v) is 3.91. The molecule has 0 aromatic heterocycles. The maximum absolute atomic E-state index is 11.1. The zero-order chi connectivity index (χ0) is 8.85. The highest BCUT2D eigenvalue weighted by Gasteiger charge is 2.21. The molecule has 0 bridgehead atoms. The van der Waals surface area contributed by atoms with E-state index in [1.807, 2.05) is 13.8 Å². The first-order valence-electron chi connectivity index (χ1n) is 3.91. The molecule has 0 saturated heterocycles. The van der Waals surface area contributed by atoms with Crippen molar-refractivity contribution in [3.63, 3.8) is 0 Å². The van der Waals surface area contributed by atoms with Crippen molar-refractivity contribution in [2.45, 2.75) is 20.3 Å². The van der Waals surface area contributed by atoms with Crippen LogP contribution >= 0.6 is 0 Å². The van der Waals surface area contributed by atoms with Crippen LogP contribution in [-0.4, -0.2) is 19.6 Å². The number of esters is 1. The molecule has 11 heavy (non-hydrogen) atoms. The Morgan fingerprint density at radius 1 is 1.55 bits per heavy atom. The number of rotatable bonds is 4. The van der Waals surface area contributed by atoms with E-state index in [0.29, 0.717) is 18.9 Å². The van der Waals surface area contributed by atoms with E-state index in [1.54, 1.807) is 0 Å². The van der Waals surface area contributed by atoms with Gasteiger partial charge in [-0.2, -0.15) is 0 Å². The number of nitrogens with two attached hydrogens (primary N) is 1. The summed E-state index contributed by atoms with van der Waals surface area (Å²) in [4.78, 5) is 11.1. The lowest BCUT2D eigenvalue weighted by Crippen LogP contribution is -2.24. The van der Waals surface area contributed by atoms with Crippen LogP contribution in [-0.2, 0) is 9.53 Å². The fourth-order valence-corrected chi connectivity index (χ4v) is 1.05. The molecule has 0 radical (unpaired) electrons. The Morgan fingerprint density at radius 3 is 2.36 bits per heavy atom. The summed E-state index contributed by atoms with van der Waals surface area (Å²) in [6.45, 7) is 4.53. The lowest BCUT2D eigenvalue weighted by atomic mass is 9.93. The lowest BCUT2D eigenvalue weighted by molar-refractivity contribution is -0.147. The molecule has 0 heterocycles. The van der Waals surface area contributed by atoms with Crippen LogP contribution in [0.5, 0.6) is 0 Å². The summed E-state index contributed by atoms with van der Waals surface area (Å²) in [5.74, 6) is 0.126. The standard InChI is InChI=1S/C8H17NO2/c1-6(2)7(4-5-9)8(10)11-3/h6-7H,4-5,9H2,1-3H3. The van der Waals surface area contributed by atoms with E-state index >= 15 is 0 Å². The molecule has 66 valence electrons. The van der Waals surface area contributed by atoms with Crippen LogP contribution < -0.4 is 5.73 Å². The SMILES string of the molecule is COC(=O)C(CCN)C(C)C. The molecule has 2 N–H and O–H groups in total. The molecule has 3 nitrogen and oxygen atoms in total. The van der Waals surface area contributed by atoms with E-state index in [1.165, 1.54) is 7.11 Å². The Morgan fingerprint density at radius 2 is 2.09 bits per heavy atom. The number of methoxy groups -OCH3 is 1. The summed E-state index contributed by atoms with van der Waals surface area (Å²) >= 11 is 0. The minimum absolute atomic E-state index is 0.0370. The number of carbonyl (C=O) groups is 1. The summed E-state index contributed by atoms with van der Waals surface area (Å²) < 4.78 is 4.63. The van der Waals surface area contributed by atoms with Crippen molar-refractivity contribution in [3.8, 4) is 0 Å². The average Bonchev–Trinajstić information content (AvgIpc) is 1.98. The monoisotopic (exact) mass is 159 g/mol. The zero-order valence-electron chi connectivity index (χ0n) is 7.46. The molecule has 0 aliphatic rings. The van der Waals surface area contributed by atoms with Gasteiger partial charge in [0.1, 0.15) is 0 Å². The Labute approximate surface area is 67.9 Å². The highest BCUT2D eigenvalue weighted by molar-refractivity contribution is 5.72. The molecule has 0 saturated carbocycles. The van der Waals surface area contributed by atoms with Crippen molar-refractivity contribution in [3.05, 3.63) is 0 Å². The Hall–Kier alpha value is -0.570. The van der Waals surface area contributed by atoms with Crippen molar-refractivity contribution < 1.29 is 9.53 Å². The van der Waals surface area contributed by atoms with E-state index in [9.17, 15) is 4.79 Å². The summed E-state index contributed by atoms with van der Waals surface area (Å²) in [5.41, 5.74) is 5.35. The number of hydrogen-bond acceptors (Lipinski definition) is 3. The number of carbonyl (C=O) groups excluding carboxylic acids is 1. The second-order valence-electron chi connectivity index (χ2n) is 2.95. The predicted molar refractivity (Wildman–Crippen MR) is 44.0 cm³/mol. The molecule has 0 rings (SSSR count). The Bertz CT molecular complexity index is 123. The van der Waals surface area contributed by atoms with Gasteiger partial charge in [0.2, 0.25) is 0 Å². The lowest BCUT2D eigenvalue weighted by Gasteiger charge is -2.16. The normalized spacial score (nSPS) is 13.2. The van der Waals surface area contributed by atoms with Gasteiger partial charge in [-0.1, -0.05) is 13.8 Å². The molecule has 0 aromatic carbocycles. The van der Waals surface area contributed by atoms with Gasteiger partial charge in [-0.3, -0.25) is 4.79 Å². The van der Waals surface area contributed by atoms with Crippen LogP contribution in [0.25, 0.3) is 0 Å². The fourth-order valence-electron chi connectivity index (χ4n) is 1.05. The molecule has 3 heteroatoms. The van der Waals surface area contributed by atoms with Gasteiger partial charge in [0.25, 0.3) is 0 Å². The molecule has 0 aliphatic carbocycles. The molecule has 0 fully saturated rings. The van der Waals surface area contributed by atoms with Gasteiger partial charge in [-0.25, -0.2) is 0 Å². The summed E-state index contributed by atoms with van der Waals surface area (Å²) in [6, 6.07) is 0. The summed E-state index contributed by atoms with van der Waals surface area (Å²) in [7, 11) is 1.41. The van der Waals surface area contributed by atoms with Crippen LogP contribution in [0.2, 0.25) is 0 Å². The van der Waals surface area contributed by atoms with Crippen LogP contribution in [0.15, 0.2) is 0 Å². The van der Waals surface area contributed by atoms with Crippen molar-refractivity contribution in [2.75, 3.05) is 13.7 Å². The summed E-state index contributed by atoms with van der Waals surface area (Å²) in [6.07, 6.45) is 0.713. The molecule has 0 aliphatic heterocycles. The van der Waals surface area contributed by atoms with Crippen LogP contribution in [0.4, 0.5) is 0 Å². The van der Waals surface area contributed by atoms with Gasteiger partial charge in [0.05, 0.1) is 13.0 Å². The maximum atomic E-state index is 11.1. The molecule has 0 amide bonds. The minimum atomic E-state index is -0.148. The van der Waals surface area contributed by atoms with Gasteiger partial charge < -0.3 is 10.5 Å². The largest absolute Gasteiger partial charge is 0.469 e. The molecule has 0 aromatic rings. The van der Waals surface area contributed by atoms with Crippen molar-refractivity contribution in [1.82, 2.24) is 0 Å². The third-order valence-electron chi connectivity index (χ3n) is 1.79. The smallest absolute Gasteiger partial charge is 0.308 e. The highest BCUT2D eigenvalue weighted by Crippen LogP contribution is 2.15. The minimum Gasteiger partial charge on any atom is -0.469 e. The molecule has 1 unspecified atom stereocenters. The van der Waals surface area contributed by atoms with Gasteiger partial charge in [0.15, 0.2) is 0 Å². The van der Waals surface area contributed by atoms with Gasteiger partial charge in [-0.05, 0) is 18.9 Å². The molecular weight excluding hydrogens is 142 g/mol. The third kappa shape index (κ3) is 3.37. The fraction of sp³-hybridized carbons (Fsp3) is 0.875. The number of hydrogen-bond donors (Lipinski definition) is 1. The first-order chi connectivity index (χ1) is 5.13. The maximum Gasteiger partial charge on any atom is 0.308 e. The quantitative estimate of drug-likeness (QED) is 0.617. The van der Waals surface area contributed by atoms with Crippen molar-refractivity contribution in [2.24, 2.45) is 17.6 Å². The van der Waals surface area contributed by atoms with E-state index in [2.05, 4.69) is 4.74 Å². The predicted octanol–water partition coefficient (Wildman–Crippen LogP) is 0.780. The first kappa shape index (κ1) is 10.4. The van der Waals surface area contributed by atoms with E-state index in [-0.39, 0.29) is 11.9 Å². The van der Waals surface area contributed by atoms with Crippen LogP contribution in [0.1, 0.15) is 20.3 Å². The molecule has 0 spiro atoms. The van der Waals surface area contributed by atoms with Crippen LogP contribution in [0, 0.1) is 11.8 Å². The van der Waals surface area contributed by atoms with Gasteiger partial charge in [-0.15, -0.1) is 0 Å². The van der Waals surface area contributed by atoms with Gasteiger partial charge in [0, 0.05) is 0 Å². The summed E-state index contributed by atoms with van der Waals surface area (Å²) in [5, 5.41) is 0. The van der Waals surface area contributed by atoms with Crippen molar-refractivity contribution >= 4 is 5.97 Å². The second-order valence-corrected chi connectivity index (χ2v) is 2.95. The zero-order valence-corrected chi connectivity index (χ0v) is 7.46. The van der Waals surface area contributed by atoms with Crippen LogP contribution in [0.3, 0.4) is 0 Å². The Balaban J connectivity index is 3.98. The second kappa shape index (κ2) is 5.13. The molecule has 1 atom stereocenters. The van der Waals surface area contributed by atoms with E-state index in [0.717, 1.165) is 0 Å². The topological polar surface area (TPSA) is 52.3 Å². The van der Waals surface area contributed by atoms with Gasteiger partial charge >= 0.3 is 5.97 Å². The van der Waals surface area contributed by atoms with E-state index in [4.69, 9.17) is 5.73 Å². The average molecular weight is 159 g/mol. The highest BCUT2D eigenvalue weighted by atomic mass is 16.5. The molecular formula is C8H17NO2. The number of ether oxygens (including phenoxy) is 1. The Kier molecular flexibility index (Phi) is 4.86. The van der Waals surface area contributed by atoms with E-state index < -0.39 is 0 Å². The van der Waals surface area contributed by atoms with Crippen molar-refractivity contribution in [1.29, 1.82) is 0 Å².